The van der Waals surface area contributed by atoms with Crippen LogP contribution in [0.25, 0.3) is 11.5 Å². The van der Waals surface area contributed by atoms with E-state index >= 15 is 0 Å². The number of hydrogen-bond acceptors (Lipinski definition) is 8. The Bertz CT molecular complexity index is 1160. The molecule has 10 nitrogen and oxygen atoms in total. The van der Waals surface area contributed by atoms with E-state index in [4.69, 9.17) is 23.4 Å². The zero-order chi connectivity index (χ0) is 22.8. The van der Waals surface area contributed by atoms with E-state index in [0.717, 1.165) is 18.4 Å². The SMILES string of the molecule is COc1ccc(NC(=O)N2CCCC(c3nnc(-c4ccc5c(c4)OCO5)o3)C2)cc1OC. The molecule has 3 aromatic rings. The van der Waals surface area contributed by atoms with Crippen molar-refractivity contribution in [3.63, 3.8) is 0 Å². The lowest BCUT2D eigenvalue weighted by Crippen LogP contribution is -2.41. The molecule has 1 N–H and O–H groups in total. The minimum atomic E-state index is -0.192. The maximum Gasteiger partial charge on any atom is 0.321 e. The van der Waals surface area contributed by atoms with Crippen molar-refractivity contribution in [2.75, 3.05) is 39.4 Å². The predicted octanol–water partition coefficient (Wildman–Crippen LogP) is 3.89. The number of likely N-dealkylation sites (tertiary alicyclic amines) is 1. The highest BCUT2D eigenvalue weighted by molar-refractivity contribution is 5.89. The number of amides is 2. The van der Waals surface area contributed by atoms with Gasteiger partial charge in [-0.05, 0) is 43.2 Å². The molecule has 0 radical (unpaired) electrons. The number of methoxy groups -OCH3 is 2. The number of fused-ring (bicyclic) bond motifs is 1. The van der Waals surface area contributed by atoms with Gasteiger partial charge in [0.05, 0.1) is 20.1 Å². The molecular formula is C23H24N4O6. The highest BCUT2D eigenvalue weighted by atomic mass is 16.7. The number of hydrogen-bond donors (Lipinski definition) is 1. The molecule has 5 rings (SSSR count). The lowest BCUT2D eigenvalue weighted by Gasteiger charge is -2.31. The summed E-state index contributed by atoms with van der Waals surface area (Å²) in [7, 11) is 3.13. The second-order valence-electron chi connectivity index (χ2n) is 7.80. The Hall–Kier alpha value is -3.95. The fourth-order valence-electron chi connectivity index (χ4n) is 4.03. The van der Waals surface area contributed by atoms with Crippen molar-refractivity contribution in [3.8, 4) is 34.5 Å². The summed E-state index contributed by atoms with van der Waals surface area (Å²) in [6, 6.07) is 10.6. The second-order valence-corrected chi connectivity index (χ2v) is 7.80. The van der Waals surface area contributed by atoms with Gasteiger partial charge in [0.15, 0.2) is 23.0 Å². The number of anilines is 1. The van der Waals surface area contributed by atoms with Crippen molar-refractivity contribution < 1.29 is 28.2 Å². The van der Waals surface area contributed by atoms with Crippen LogP contribution in [0.5, 0.6) is 23.0 Å². The van der Waals surface area contributed by atoms with Gasteiger partial charge in [0, 0.05) is 30.4 Å². The van der Waals surface area contributed by atoms with E-state index in [2.05, 4.69) is 15.5 Å². The zero-order valence-corrected chi connectivity index (χ0v) is 18.4. The van der Waals surface area contributed by atoms with Crippen LogP contribution in [0.3, 0.4) is 0 Å². The largest absolute Gasteiger partial charge is 0.493 e. The van der Waals surface area contributed by atoms with E-state index in [1.807, 2.05) is 18.2 Å². The standard InChI is InChI=1S/C23H24N4O6/c1-29-17-8-6-16(11-19(17)30-2)24-23(28)27-9-3-4-15(12-27)22-26-25-21(33-22)14-5-7-18-20(10-14)32-13-31-18/h5-8,10-11,15H,3-4,9,12-13H2,1-2H3,(H,24,28). The maximum atomic E-state index is 12.9. The molecule has 2 aromatic carbocycles. The number of urea groups is 1. The van der Waals surface area contributed by atoms with Crippen molar-refractivity contribution in [1.82, 2.24) is 15.1 Å². The summed E-state index contributed by atoms with van der Waals surface area (Å²) in [5.41, 5.74) is 1.39. The normalized spacial score (nSPS) is 17.0. The molecule has 33 heavy (non-hydrogen) atoms. The highest BCUT2D eigenvalue weighted by Crippen LogP contribution is 2.36. The summed E-state index contributed by atoms with van der Waals surface area (Å²) in [5.74, 6) is 3.40. The summed E-state index contributed by atoms with van der Waals surface area (Å²) in [6.45, 7) is 1.35. The van der Waals surface area contributed by atoms with Crippen LogP contribution < -0.4 is 24.3 Å². The lowest BCUT2D eigenvalue weighted by atomic mass is 9.98. The number of piperidine rings is 1. The van der Waals surface area contributed by atoms with Crippen molar-refractivity contribution in [3.05, 3.63) is 42.3 Å². The zero-order valence-electron chi connectivity index (χ0n) is 18.4. The number of carbonyl (C=O) groups is 1. The number of carbonyl (C=O) groups excluding carboxylic acids is 1. The van der Waals surface area contributed by atoms with Gasteiger partial charge in [-0.1, -0.05) is 0 Å². The molecular weight excluding hydrogens is 428 g/mol. The second kappa shape index (κ2) is 8.89. The molecule has 0 saturated carbocycles. The van der Waals surface area contributed by atoms with Gasteiger partial charge in [-0.2, -0.15) is 0 Å². The van der Waals surface area contributed by atoms with Crippen molar-refractivity contribution >= 4 is 11.7 Å². The van der Waals surface area contributed by atoms with Crippen molar-refractivity contribution in [2.24, 2.45) is 0 Å². The molecule has 1 atom stereocenters. The number of nitrogens with one attached hydrogen (secondary N) is 1. The van der Waals surface area contributed by atoms with Crippen molar-refractivity contribution in [2.45, 2.75) is 18.8 Å². The number of rotatable bonds is 5. The van der Waals surface area contributed by atoms with E-state index in [-0.39, 0.29) is 18.7 Å². The summed E-state index contributed by atoms with van der Waals surface area (Å²) in [4.78, 5) is 14.6. The predicted molar refractivity (Wildman–Crippen MR) is 118 cm³/mol. The molecule has 0 aliphatic carbocycles. The van der Waals surface area contributed by atoms with E-state index in [9.17, 15) is 4.79 Å². The van der Waals surface area contributed by atoms with E-state index in [0.29, 0.717) is 53.6 Å². The Kier molecular flexibility index (Phi) is 5.64. The van der Waals surface area contributed by atoms with Crippen molar-refractivity contribution in [1.29, 1.82) is 0 Å². The minimum absolute atomic E-state index is 0.0369. The molecule has 1 fully saturated rings. The van der Waals surface area contributed by atoms with Gasteiger partial charge >= 0.3 is 6.03 Å². The van der Waals surface area contributed by atoms with Gasteiger partial charge in [-0.3, -0.25) is 0 Å². The first-order valence-electron chi connectivity index (χ1n) is 10.7. The van der Waals surface area contributed by atoms with Crippen LogP contribution >= 0.6 is 0 Å². The molecule has 2 aliphatic rings. The molecule has 1 unspecified atom stereocenters. The lowest BCUT2D eigenvalue weighted by molar-refractivity contribution is 0.174. The van der Waals surface area contributed by atoms with E-state index in [1.165, 1.54) is 0 Å². The van der Waals surface area contributed by atoms with Crippen LogP contribution in [0.1, 0.15) is 24.7 Å². The van der Waals surface area contributed by atoms with Crippen LogP contribution in [0.15, 0.2) is 40.8 Å². The third-order valence-corrected chi connectivity index (χ3v) is 5.75. The smallest absolute Gasteiger partial charge is 0.321 e. The Balaban J connectivity index is 1.26. The highest BCUT2D eigenvalue weighted by Gasteiger charge is 2.29. The number of ether oxygens (including phenoxy) is 4. The Labute approximate surface area is 190 Å². The van der Waals surface area contributed by atoms with Gasteiger partial charge in [-0.15, -0.1) is 10.2 Å². The molecule has 0 spiro atoms. The third kappa shape index (κ3) is 4.23. The van der Waals surface area contributed by atoms with Crippen LogP contribution in [0.2, 0.25) is 0 Å². The average molecular weight is 452 g/mol. The maximum absolute atomic E-state index is 12.9. The van der Waals surface area contributed by atoms with Gasteiger partial charge in [0.25, 0.3) is 0 Å². The fraction of sp³-hybridized carbons (Fsp3) is 0.348. The molecule has 3 heterocycles. The molecule has 172 valence electrons. The Morgan fingerprint density at radius 1 is 1.06 bits per heavy atom. The van der Waals surface area contributed by atoms with E-state index in [1.54, 1.807) is 37.3 Å². The number of aromatic nitrogens is 2. The van der Waals surface area contributed by atoms with Crippen LogP contribution in [0, 0.1) is 0 Å². The van der Waals surface area contributed by atoms with Gasteiger partial charge in [0.2, 0.25) is 18.6 Å². The fourth-order valence-corrected chi connectivity index (χ4v) is 4.03. The van der Waals surface area contributed by atoms with E-state index < -0.39 is 0 Å². The molecule has 1 saturated heterocycles. The Morgan fingerprint density at radius 3 is 2.76 bits per heavy atom. The average Bonchev–Trinajstić information content (AvgIpc) is 3.53. The summed E-state index contributed by atoms with van der Waals surface area (Å²) < 4.78 is 27.3. The van der Waals surface area contributed by atoms with Gasteiger partial charge in [-0.25, -0.2) is 4.79 Å². The third-order valence-electron chi connectivity index (χ3n) is 5.75. The number of benzene rings is 2. The van der Waals surface area contributed by atoms with Gasteiger partial charge < -0.3 is 33.6 Å². The Morgan fingerprint density at radius 2 is 1.91 bits per heavy atom. The first-order chi connectivity index (χ1) is 16.1. The summed E-state index contributed by atoms with van der Waals surface area (Å²) in [5, 5.41) is 11.4. The number of nitrogens with zero attached hydrogens (tertiary/aromatic N) is 3. The molecule has 1 aromatic heterocycles. The first kappa shape index (κ1) is 20.9. The topological polar surface area (TPSA) is 108 Å². The quantitative estimate of drug-likeness (QED) is 0.621. The summed E-state index contributed by atoms with van der Waals surface area (Å²) >= 11 is 0. The van der Waals surface area contributed by atoms with Gasteiger partial charge in [0.1, 0.15) is 0 Å². The van der Waals surface area contributed by atoms with Crippen LogP contribution in [-0.2, 0) is 0 Å². The van der Waals surface area contributed by atoms with Crippen LogP contribution in [-0.4, -0.2) is 55.2 Å². The van der Waals surface area contributed by atoms with Crippen LogP contribution in [0.4, 0.5) is 10.5 Å². The molecule has 2 amide bonds. The minimum Gasteiger partial charge on any atom is -0.493 e. The first-order valence-corrected chi connectivity index (χ1v) is 10.7. The molecule has 0 bridgehead atoms. The summed E-state index contributed by atoms with van der Waals surface area (Å²) in [6.07, 6.45) is 1.70. The monoisotopic (exact) mass is 452 g/mol. The molecule has 10 heteroatoms. The molecule has 2 aliphatic heterocycles.